The normalized spacial score (nSPS) is 12.8. The second-order valence-corrected chi connectivity index (χ2v) is 7.16. The molecule has 0 nitrogen and oxygen atoms in total. The summed E-state index contributed by atoms with van der Waals surface area (Å²) in [5, 5.41) is 3.92. The van der Waals surface area contributed by atoms with E-state index in [9.17, 15) is 0 Å². The van der Waals surface area contributed by atoms with Crippen LogP contribution < -0.4 is 0 Å². The molecule has 3 aromatic rings. The van der Waals surface area contributed by atoms with Crippen LogP contribution in [0.2, 0.25) is 5.02 Å². The molecule has 0 radical (unpaired) electrons. The van der Waals surface area contributed by atoms with E-state index >= 15 is 0 Å². The van der Waals surface area contributed by atoms with Crippen LogP contribution in [-0.2, 0) is 0 Å². The van der Waals surface area contributed by atoms with Gasteiger partial charge in [-0.15, -0.1) is 22.9 Å². The van der Waals surface area contributed by atoms with Gasteiger partial charge in [-0.3, -0.25) is 0 Å². The van der Waals surface area contributed by atoms with Gasteiger partial charge in [0.15, 0.2) is 0 Å². The van der Waals surface area contributed by atoms with E-state index < -0.39 is 0 Å². The van der Waals surface area contributed by atoms with Gasteiger partial charge in [-0.25, -0.2) is 0 Å². The predicted molar refractivity (Wildman–Crippen MR) is 93.7 cm³/mol. The van der Waals surface area contributed by atoms with Gasteiger partial charge in [0, 0.05) is 13.3 Å². The molecule has 1 atom stereocenters. The van der Waals surface area contributed by atoms with Gasteiger partial charge in [0.2, 0.25) is 0 Å². The molecule has 0 saturated heterocycles. The number of thiophene rings is 1. The highest BCUT2D eigenvalue weighted by Crippen LogP contribution is 2.39. The van der Waals surface area contributed by atoms with E-state index in [2.05, 4.69) is 46.2 Å². The lowest BCUT2D eigenvalue weighted by atomic mass is 10.0. The molecule has 96 valence electrons. The first-order chi connectivity index (χ1) is 9.16. The van der Waals surface area contributed by atoms with Crippen LogP contribution in [0.25, 0.3) is 10.1 Å². The van der Waals surface area contributed by atoms with Crippen LogP contribution in [0, 0.1) is 3.57 Å². The van der Waals surface area contributed by atoms with E-state index in [1.54, 1.807) is 11.3 Å². The summed E-state index contributed by atoms with van der Waals surface area (Å²) < 4.78 is 2.40. The van der Waals surface area contributed by atoms with Crippen LogP contribution in [-0.4, -0.2) is 0 Å². The minimum atomic E-state index is -0.165. The van der Waals surface area contributed by atoms with E-state index in [0.717, 1.165) is 19.7 Å². The molecule has 1 heterocycles. The van der Waals surface area contributed by atoms with E-state index in [-0.39, 0.29) is 5.38 Å². The van der Waals surface area contributed by atoms with E-state index in [1.165, 1.54) is 10.1 Å². The fraction of sp³-hybridized carbons (Fsp3) is 0.0667. The van der Waals surface area contributed by atoms with Crippen LogP contribution in [0.15, 0.2) is 47.8 Å². The molecular weight excluding hydrogens is 410 g/mol. The summed E-state index contributed by atoms with van der Waals surface area (Å²) in [6, 6.07) is 14.2. The molecule has 0 amide bonds. The first kappa shape index (κ1) is 13.7. The van der Waals surface area contributed by atoms with Crippen LogP contribution in [0.5, 0.6) is 0 Å². The van der Waals surface area contributed by atoms with E-state index in [0.29, 0.717) is 0 Å². The number of fused-ring (bicyclic) bond motifs is 1. The van der Waals surface area contributed by atoms with Crippen molar-refractivity contribution in [1.29, 1.82) is 0 Å². The SMILES string of the molecule is Clc1ccc(I)c(C(Cl)c2csc3ccccc23)c1. The fourth-order valence-corrected chi connectivity index (χ4v) is 4.51. The molecule has 0 saturated carbocycles. The van der Waals surface area contributed by atoms with E-state index in [1.807, 2.05) is 24.3 Å². The Kier molecular flexibility index (Phi) is 4.03. The molecule has 1 unspecified atom stereocenters. The fourth-order valence-electron chi connectivity index (χ4n) is 2.07. The summed E-state index contributed by atoms with van der Waals surface area (Å²) in [7, 11) is 0. The zero-order chi connectivity index (χ0) is 13.4. The molecule has 0 aliphatic heterocycles. The summed E-state index contributed by atoms with van der Waals surface area (Å²) >= 11 is 16.8. The van der Waals surface area contributed by atoms with Gasteiger partial charge in [0.05, 0.1) is 5.38 Å². The van der Waals surface area contributed by atoms with Crippen LogP contribution in [0.3, 0.4) is 0 Å². The third kappa shape index (κ3) is 2.64. The Morgan fingerprint density at radius 1 is 1.05 bits per heavy atom. The van der Waals surface area contributed by atoms with Crippen molar-refractivity contribution in [3.8, 4) is 0 Å². The minimum Gasteiger partial charge on any atom is -0.143 e. The Morgan fingerprint density at radius 3 is 2.68 bits per heavy atom. The van der Waals surface area contributed by atoms with Crippen molar-refractivity contribution in [3.63, 3.8) is 0 Å². The maximum absolute atomic E-state index is 6.67. The van der Waals surface area contributed by atoms with E-state index in [4.69, 9.17) is 23.2 Å². The third-order valence-electron chi connectivity index (χ3n) is 3.02. The number of benzene rings is 2. The minimum absolute atomic E-state index is 0.165. The number of rotatable bonds is 2. The number of alkyl halides is 1. The molecule has 0 N–H and O–H groups in total. The summed E-state index contributed by atoms with van der Waals surface area (Å²) in [5.74, 6) is 0. The Hall–Kier alpha value is -0.290. The molecular formula is C15H9Cl2IS. The lowest BCUT2D eigenvalue weighted by Gasteiger charge is -2.12. The van der Waals surface area contributed by atoms with Gasteiger partial charge in [0.25, 0.3) is 0 Å². The first-order valence-electron chi connectivity index (χ1n) is 5.72. The first-order valence-corrected chi connectivity index (χ1v) is 8.49. The maximum Gasteiger partial charge on any atom is 0.0860 e. The lowest BCUT2D eigenvalue weighted by molar-refractivity contribution is 1.15. The molecule has 4 heteroatoms. The quantitative estimate of drug-likeness (QED) is 0.329. The average Bonchev–Trinajstić information content (AvgIpc) is 2.84. The van der Waals surface area contributed by atoms with Crippen LogP contribution in [0.1, 0.15) is 16.5 Å². The largest absolute Gasteiger partial charge is 0.143 e. The summed E-state index contributed by atoms with van der Waals surface area (Å²) in [5.41, 5.74) is 2.22. The van der Waals surface area contributed by atoms with Crippen molar-refractivity contribution in [2.45, 2.75) is 5.38 Å². The molecule has 0 aliphatic rings. The summed E-state index contributed by atoms with van der Waals surface area (Å²) in [6.07, 6.45) is 0. The van der Waals surface area contributed by atoms with Crippen molar-refractivity contribution < 1.29 is 0 Å². The second-order valence-electron chi connectivity index (χ2n) is 4.22. The van der Waals surface area contributed by atoms with Crippen molar-refractivity contribution >= 4 is 67.2 Å². The zero-order valence-corrected chi connectivity index (χ0v) is 14.2. The van der Waals surface area contributed by atoms with Crippen molar-refractivity contribution in [1.82, 2.24) is 0 Å². The number of halogens is 3. The molecule has 0 fully saturated rings. The Labute approximate surface area is 139 Å². The van der Waals surface area contributed by atoms with Crippen LogP contribution >= 0.6 is 57.1 Å². The Morgan fingerprint density at radius 2 is 1.84 bits per heavy atom. The van der Waals surface area contributed by atoms with Gasteiger partial charge >= 0.3 is 0 Å². The third-order valence-corrected chi connectivity index (χ3v) is 5.68. The van der Waals surface area contributed by atoms with Gasteiger partial charge in [-0.1, -0.05) is 29.8 Å². The van der Waals surface area contributed by atoms with Crippen molar-refractivity contribution in [2.75, 3.05) is 0 Å². The maximum atomic E-state index is 6.67. The standard InChI is InChI=1S/C15H9Cl2IS/c16-9-5-6-13(18)11(7-9)15(17)12-8-19-14-4-2-1-3-10(12)14/h1-8,15H. The summed E-state index contributed by atoms with van der Waals surface area (Å²) in [4.78, 5) is 0. The highest BCUT2D eigenvalue weighted by Gasteiger charge is 2.18. The summed E-state index contributed by atoms with van der Waals surface area (Å²) in [6.45, 7) is 0. The van der Waals surface area contributed by atoms with Gasteiger partial charge < -0.3 is 0 Å². The molecule has 2 aromatic carbocycles. The number of hydrogen-bond donors (Lipinski definition) is 0. The highest BCUT2D eigenvalue weighted by atomic mass is 127. The lowest BCUT2D eigenvalue weighted by Crippen LogP contribution is -1.95. The van der Waals surface area contributed by atoms with Gasteiger partial charge in [-0.2, -0.15) is 0 Å². The predicted octanol–water partition coefficient (Wildman–Crippen LogP) is 6.49. The average molecular weight is 419 g/mol. The number of hydrogen-bond acceptors (Lipinski definition) is 1. The van der Waals surface area contributed by atoms with Crippen molar-refractivity contribution in [2.24, 2.45) is 0 Å². The molecule has 1 aromatic heterocycles. The Balaban J connectivity index is 2.13. The highest BCUT2D eigenvalue weighted by molar-refractivity contribution is 14.1. The molecule has 0 aliphatic carbocycles. The second kappa shape index (κ2) is 5.60. The van der Waals surface area contributed by atoms with Gasteiger partial charge in [0.1, 0.15) is 0 Å². The topological polar surface area (TPSA) is 0 Å². The molecule has 0 spiro atoms. The monoisotopic (exact) mass is 418 g/mol. The molecule has 19 heavy (non-hydrogen) atoms. The molecule has 0 bridgehead atoms. The van der Waals surface area contributed by atoms with Crippen LogP contribution in [0.4, 0.5) is 0 Å². The Bertz CT molecular complexity index is 736. The zero-order valence-electron chi connectivity index (χ0n) is 9.74. The smallest absolute Gasteiger partial charge is 0.0860 e. The van der Waals surface area contributed by atoms with Gasteiger partial charge in [-0.05, 0) is 68.7 Å². The van der Waals surface area contributed by atoms with Crippen molar-refractivity contribution in [3.05, 3.63) is 67.6 Å². The molecule has 3 rings (SSSR count).